The lowest BCUT2D eigenvalue weighted by Crippen LogP contribution is -2.31. The van der Waals surface area contributed by atoms with Crippen molar-refractivity contribution in [3.05, 3.63) is 46.8 Å². The van der Waals surface area contributed by atoms with Crippen LogP contribution in [-0.4, -0.2) is 26.3 Å². The third-order valence-corrected chi connectivity index (χ3v) is 3.94. The quantitative estimate of drug-likeness (QED) is 0.830. The highest BCUT2D eigenvalue weighted by Crippen LogP contribution is 2.39. The second-order valence-electron chi connectivity index (χ2n) is 4.53. The molecule has 7 heteroatoms. The van der Waals surface area contributed by atoms with Crippen molar-refractivity contribution in [3.63, 3.8) is 0 Å². The van der Waals surface area contributed by atoms with Gasteiger partial charge in [0.2, 0.25) is 0 Å². The molecule has 0 amide bonds. The van der Waals surface area contributed by atoms with Gasteiger partial charge in [0, 0.05) is 23.9 Å². The van der Waals surface area contributed by atoms with Crippen molar-refractivity contribution in [3.8, 4) is 0 Å². The Bertz CT molecular complexity index is 621. The van der Waals surface area contributed by atoms with Gasteiger partial charge in [-0.3, -0.25) is 4.98 Å². The molecule has 1 fully saturated rings. The van der Waals surface area contributed by atoms with Crippen molar-refractivity contribution in [1.82, 2.24) is 20.5 Å². The second kappa shape index (κ2) is 5.80. The van der Waals surface area contributed by atoms with Gasteiger partial charge >= 0.3 is 0 Å². The summed E-state index contributed by atoms with van der Waals surface area (Å²) in [4.78, 5) is 4.36. The fraction of sp³-hybridized carbons (Fsp3) is 0.231. The summed E-state index contributed by atoms with van der Waals surface area (Å²) < 4.78 is 0.828. The zero-order valence-corrected chi connectivity index (χ0v) is 12.9. The lowest BCUT2D eigenvalue weighted by molar-refractivity contribution is 0.857. The summed E-state index contributed by atoms with van der Waals surface area (Å²) in [5.41, 5.74) is 1.11. The van der Waals surface area contributed by atoms with Crippen molar-refractivity contribution in [1.29, 1.82) is 0 Å². The Kier molecular flexibility index (Phi) is 3.88. The monoisotopic (exact) mass is 349 g/mol. The van der Waals surface area contributed by atoms with E-state index in [4.69, 9.17) is 12.2 Å². The maximum Gasteiger partial charge on any atom is 0.172 e. The van der Waals surface area contributed by atoms with Gasteiger partial charge in [0.15, 0.2) is 10.9 Å². The van der Waals surface area contributed by atoms with Crippen LogP contribution in [0.2, 0.25) is 0 Å². The van der Waals surface area contributed by atoms with E-state index < -0.39 is 0 Å². The standard InChI is InChI=1S/C13H12BrN5S/c14-9-4-6-16-19-12(9)18-13(20)17-11-7-8(11)10-3-1-2-5-15-10/h1-6,8,11H,7H2,(H2,17,18,19,20). The Morgan fingerprint density at radius 3 is 2.95 bits per heavy atom. The van der Waals surface area contributed by atoms with Crippen LogP contribution in [0.1, 0.15) is 18.0 Å². The van der Waals surface area contributed by atoms with Gasteiger partial charge in [-0.25, -0.2) is 0 Å². The highest BCUT2D eigenvalue weighted by atomic mass is 79.9. The number of anilines is 1. The first kappa shape index (κ1) is 13.4. The summed E-state index contributed by atoms with van der Waals surface area (Å²) in [7, 11) is 0. The Morgan fingerprint density at radius 1 is 1.30 bits per heavy atom. The van der Waals surface area contributed by atoms with E-state index in [1.54, 1.807) is 6.20 Å². The molecule has 0 saturated heterocycles. The molecule has 2 aromatic heterocycles. The molecule has 0 bridgehead atoms. The number of rotatable bonds is 3. The van der Waals surface area contributed by atoms with E-state index in [1.165, 1.54) is 0 Å². The maximum atomic E-state index is 5.28. The number of nitrogens with one attached hydrogen (secondary N) is 2. The van der Waals surface area contributed by atoms with E-state index in [2.05, 4.69) is 41.7 Å². The van der Waals surface area contributed by atoms with E-state index in [0.717, 1.165) is 16.6 Å². The predicted octanol–water partition coefficient (Wildman–Crippen LogP) is 2.48. The first-order valence-electron chi connectivity index (χ1n) is 6.19. The smallest absolute Gasteiger partial charge is 0.172 e. The molecule has 2 unspecified atom stereocenters. The first-order valence-corrected chi connectivity index (χ1v) is 7.40. The fourth-order valence-corrected chi connectivity index (χ4v) is 2.53. The summed E-state index contributed by atoms with van der Waals surface area (Å²) in [6, 6.07) is 8.12. The molecule has 2 aromatic rings. The van der Waals surface area contributed by atoms with E-state index in [1.807, 2.05) is 30.5 Å². The molecule has 0 aromatic carbocycles. The molecular formula is C13H12BrN5S. The van der Waals surface area contributed by atoms with Gasteiger partial charge in [-0.1, -0.05) is 6.07 Å². The number of pyridine rings is 1. The number of nitrogens with zero attached hydrogens (tertiary/aromatic N) is 3. The molecule has 2 heterocycles. The van der Waals surface area contributed by atoms with Crippen LogP contribution in [0.15, 0.2) is 41.1 Å². The van der Waals surface area contributed by atoms with Crippen LogP contribution in [-0.2, 0) is 0 Å². The van der Waals surface area contributed by atoms with Crippen LogP contribution in [0.4, 0.5) is 5.82 Å². The van der Waals surface area contributed by atoms with Crippen LogP contribution in [0.25, 0.3) is 0 Å². The van der Waals surface area contributed by atoms with Gasteiger partial charge in [0.25, 0.3) is 0 Å². The van der Waals surface area contributed by atoms with Crippen LogP contribution < -0.4 is 10.6 Å². The summed E-state index contributed by atoms with van der Waals surface area (Å²) in [6.07, 6.45) is 4.47. The lowest BCUT2D eigenvalue weighted by Gasteiger charge is -2.10. The Labute approximate surface area is 130 Å². The number of hydrogen-bond donors (Lipinski definition) is 2. The van der Waals surface area contributed by atoms with Crippen LogP contribution in [0.3, 0.4) is 0 Å². The van der Waals surface area contributed by atoms with Gasteiger partial charge in [0.1, 0.15) is 0 Å². The highest BCUT2D eigenvalue weighted by Gasteiger charge is 2.39. The number of halogens is 1. The summed E-state index contributed by atoms with van der Waals surface area (Å²) >= 11 is 8.68. The van der Waals surface area contributed by atoms with Gasteiger partial charge in [-0.15, -0.1) is 5.10 Å². The largest absolute Gasteiger partial charge is 0.359 e. The van der Waals surface area contributed by atoms with Crippen molar-refractivity contribution in [2.24, 2.45) is 0 Å². The molecule has 5 nitrogen and oxygen atoms in total. The zero-order chi connectivity index (χ0) is 13.9. The normalized spacial score (nSPS) is 20.2. The van der Waals surface area contributed by atoms with E-state index in [9.17, 15) is 0 Å². The summed E-state index contributed by atoms with van der Waals surface area (Å²) in [6.45, 7) is 0. The van der Waals surface area contributed by atoms with Crippen LogP contribution >= 0.6 is 28.1 Å². The van der Waals surface area contributed by atoms with Crippen molar-refractivity contribution in [2.45, 2.75) is 18.4 Å². The van der Waals surface area contributed by atoms with Gasteiger partial charge in [0.05, 0.1) is 10.7 Å². The molecule has 1 aliphatic carbocycles. The molecule has 0 aliphatic heterocycles. The Morgan fingerprint density at radius 2 is 2.20 bits per heavy atom. The molecule has 1 aliphatic rings. The molecule has 2 atom stereocenters. The third kappa shape index (κ3) is 3.10. The average Bonchev–Trinajstić information content (AvgIpc) is 3.21. The minimum absolute atomic E-state index is 0.334. The minimum atomic E-state index is 0.334. The van der Waals surface area contributed by atoms with Crippen molar-refractivity contribution < 1.29 is 0 Å². The number of hydrogen-bond acceptors (Lipinski definition) is 4. The highest BCUT2D eigenvalue weighted by molar-refractivity contribution is 9.10. The summed E-state index contributed by atoms with van der Waals surface area (Å²) in [5, 5.41) is 14.6. The molecule has 1 saturated carbocycles. The predicted molar refractivity (Wildman–Crippen MR) is 84.5 cm³/mol. The molecule has 0 radical (unpaired) electrons. The van der Waals surface area contributed by atoms with Gasteiger partial charge in [-0.2, -0.15) is 5.10 Å². The molecule has 102 valence electrons. The Balaban J connectivity index is 1.55. The first-order chi connectivity index (χ1) is 9.74. The molecule has 3 rings (SSSR count). The molecule has 0 spiro atoms. The van der Waals surface area contributed by atoms with Crippen LogP contribution in [0.5, 0.6) is 0 Å². The summed E-state index contributed by atoms with van der Waals surface area (Å²) in [5.74, 6) is 1.04. The second-order valence-corrected chi connectivity index (χ2v) is 5.79. The lowest BCUT2D eigenvalue weighted by atomic mass is 10.2. The van der Waals surface area contributed by atoms with Crippen molar-refractivity contribution in [2.75, 3.05) is 5.32 Å². The maximum absolute atomic E-state index is 5.28. The molecule has 20 heavy (non-hydrogen) atoms. The topological polar surface area (TPSA) is 62.7 Å². The minimum Gasteiger partial charge on any atom is -0.359 e. The van der Waals surface area contributed by atoms with Gasteiger partial charge in [-0.05, 0) is 52.8 Å². The number of aromatic nitrogens is 3. The van der Waals surface area contributed by atoms with Crippen molar-refractivity contribution >= 4 is 39.1 Å². The third-order valence-electron chi connectivity index (χ3n) is 3.08. The molecule has 2 N–H and O–H groups in total. The van der Waals surface area contributed by atoms with Gasteiger partial charge < -0.3 is 10.6 Å². The number of thiocarbonyl (C=S) groups is 1. The Hall–Kier alpha value is -1.60. The van der Waals surface area contributed by atoms with E-state index in [-0.39, 0.29) is 0 Å². The molecular weight excluding hydrogens is 338 g/mol. The zero-order valence-electron chi connectivity index (χ0n) is 10.5. The fourth-order valence-electron chi connectivity index (χ4n) is 1.99. The van der Waals surface area contributed by atoms with E-state index in [0.29, 0.717) is 22.9 Å². The van der Waals surface area contributed by atoms with E-state index >= 15 is 0 Å². The SMILES string of the molecule is S=C(Nc1nnccc1Br)NC1CC1c1ccccn1. The van der Waals surface area contributed by atoms with Crippen LogP contribution in [0, 0.1) is 0 Å². The average molecular weight is 350 g/mol.